The smallest absolute Gasteiger partial charge is 0.242 e. The Hall–Kier alpha value is -0.850. The molecule has 5 nitrogen and oxygen atoms in total. The first-order chi connectivity index (χ1) is 8.42. The van der Waals surface area contributed by atoms with E-state index in [0.717, 1.165) is 25.7 Å². The molecule has 0 unspecified atom stereocenters. The lowest BCUT2D eigenvalue weighted by Gasteiger charge is -2.41. The van der Waals surface area contributed by atoms with Gasteiger partial charge in [0.25, 0.3) is 0 Å². The largest absolute Gasteiger partial charge is 0.390 e. The number of rotatable bonds is 5. The van der Waals surface area contributed by atoms with E-state index in [4.69, 9.17) is 5.11 Å². The van der Waals surface area contributed by atoms with E-state index in [2.05, 4.69) is 4.72 Å². The Kier molecular flexibility index (Phi) is 3.53. The van der Waals surface area contributed by atoms with Crippen LogP contribution in [0.15, 0.2) is 17.2 Å². The molecule has 1 aromatic heterocycles. The highest BCUT2D eigenvalue weighted by Gasteiger charge is 2.39. The highest BCUT2D eigenvalue weighted by molar-refractivity contribution is 7.89. The molecular weight excluding hydrogens is 252 g/mol. The minimum absolute atomic E-state index is 0.162. The maximum Gasteiger partial charge on any atom is 0.242 e. The number of hydrogen-bond donors (Lipinski definition) is 2. The first-order valence-corrected chi connectivity index (χ1v) is 7.71. The molecule has 2 N–H and O–H groups in total. The third kappa shape index (κ3) is 2.32. The molecule has 0 aliphatic heterocycles. The van der Waals surface area contributed by atoms with E-state index in [1.54, 1.807) is 11.6 Å². The summed E-state index contributed by atoms with van der Waals surface area (Å²) in [5.41, 5.74) is 0.336. The van der Waals surface area contributed by atoms with Gasteiger partial charge in [0.15, 0.2) is 0 Å². The van der Waals surface area contributed by atoms with E-state index in [0.29, 0.717) is 5.69 Å². The van der Waals surface area contributed by atoms with Gasteiger partial charge in [-0.1, -0.05) is 6.92 Å². The molecule has 6 heteroatoms. The van der Waals surface area contributed by atoms with Crippen LogP contribution in [0.3, 0.4) is 0 Å². The number of sulfonamides is 1. The van der Waals surface area contributed by atoms with Gasteiger partial charge in [0.05, 0.1) is 11.5 Å². The van der Waals surface area contributed by atoms with Gasteiger partial charge in [-0.15, -0.1) is 0 Å². The Labute approximate surface area is 108 Å². The van der Waals surface area contributed by atoms with Crippen LogP contribution in [0.5, 0.6) is 0 Å². The molecule has 1 heterocycles. The monoisotopic (exact) mass is 272 g/mol. The van der Waals surface area contributed by atoms with Crippen LogP contribution in [-0.2, 0) is 23.7 Å². The summed E-state index contributed by atoms with van der Waals surface area (Å²) >= 11 is 0. The van der Waals surface area contributed by atoms with Gasteiger partial charge < -0.3 is 9.67 Å². The first-order valence-electron chi connectivity index (χ1n) is 6.22. The summed E-state index contributed by atoms with van der Waals surface area (Å²) in [6.07, 6.45) is 5.24. The number of nitrogens with zero attached hydrogens (tertiary/aromatic N) is 1. The second-order valence-corrected chi connectivity index (χ2v) is 6.71. The lowest BCUT2D eigenvalue weighted by molar-refractivity contribution is 0.214. The van der Waals surface area contributed by atoms with Crippen molar-refractivity contribution in [2.24, 2.45) is 7.05 Å². The van der Waals surface area contributed by atoms with E-state index in [-0.39, 0.29) is 17.0 Å². The Morgan fingerprint density at radius 1 is 1.50 bits per heavy atom. The lowest BCUT2D eigenvalue weighted by atomic mass is 9.76. The minimum Gasteiger partial charge on any atom is -0.390 e. The predicted molar refractivity (Wildman–Crippen MR) is 68.5 cm³/mol. The number of nitrogens with one attached hydrogen (secondary N) is 1. The minimum atomic E-state index is -3.48. The van der Waals surface area contributed by atoms with Crippen LogP contribution < -0.4 is 4.72 Å². The summed E-state index contributed by atoms with van der Waals surface area (Å²) in [6, 6.07) is 1.52. The third-order valence-corrected chi connectivity index (χ3v) is 5.44. The molecule has 18 heavy (non-hydrogen) atoms. The van der Waals surface area contributed by atoms with Gasteiger partial charge >= 0.3 is 0 Å². The van der Waals surface area contributed by atoms with Crippen molar-refractivity contribution in [1.82, 2.24) is 9.29 Å². The van der Waals surface area contributed by atoms with E-state index in [1.807, 2.05) is 6.92 Å². The van der Waals surface area contributed by atoms with Gasteiger partial charge in [-0.3, -0.25) is 0 Å². The van der Waals surface area contributed by atoms with Crippen molar-refractivity contribution in [3.8, 4) is 0 Å². The molecular formula is C12H20N2O3S. The summed E-state index contributed by atoms with van der Waals surface area (Å²) in [7, 11) is -1.76. The van der Waals surface area contributed by atoms with Gasteiger partial charge in [0.1, 0.15) is 0 Å². The predicted octanol–water partition coefficient (Wildman–Crippen LogP) is 1.13. The second kappa shape index (κ2) is 4.68. The zero-order valence-electron chi connectivity index (χ0n) is 10.8. The van der Waals surface area contributed by atoms with Crippen LogP contribution >= 0.6 is 0 Å². The molecule has 0 aromatic carbocycles. The van der Waals surface area contributed by atoms with Crippen molar-refractivity contribution >= 4 is 10.0 Å². The van der Waals surface area contributed by atoms with Gasteiger partial charge in [-0.05, 0) is 31.7 Å². The van der Waals surface area contributed by atoms with Gasteiger partial charge in [-0.2, -0.15) is 0 Å². The Balaban J connectivity index is 2.25. The molecule has 0 atom stereocenters. The highest BCUT2D eigenvalue weighted by Crippen LogP contribution is 2.36. The van der Waals surface area contributed by atoms with E-state index in [1.165, 1.54) is 12.3 Å². The SMILES string of the molecule is CCC1(NS(=O)(=O)c2cc(CO)n(C)c2)CCC1. The summed E-state index contributed by atoms with van der Waals surface area (Å²) in [6.45, 7) is 1.84. The van der Waals surface area contributed by atoms with E-state index < -0.39 is 10.0 Å². The maximum atomic E-state index is 12.3. The molecule has 0 bridgehead atoms. The quantitative estimate of drug-likeness (QED) is 0.844. The zero-order valence-corrected chi connectivity index (χ0v) is 11.6. The van der Waals surface area contributed by atoms with Crippen molar-refractivity contribution in [2.75, 3.05) is 0 Å². The standard InChI is InChI=1S/C12H20N2O3S/c1-3-12(5-4-6-12)13-18(16,17)11-7-10(9-15)14(2)8-11/h7-8,13,15H,3-6,9H2,1-2H3. The number of aryl methyl sites for hydroxylation is 1. The van der Waals surface area contributed by atoms with Crippen LogP contribution in [0.25, 0.3) is 0 Å². The number of aromatic nitrogens is 1. The Bertz CT molecular complexity index is 524. The molecule has 1 fully saturated rings. The summed E-state index contributed by atoms with van der Waals surface area (Å²) < 4.78 is 29.0. The Morgan fingerprint density at radius 3 is 2.56 bits per heavy atom. The fourth-order valence-electron chi connectivity index (χ4n) is 2.36. The molecule has 1 aliphatic rings. The van der Waals surface area contributed by atoms with Crippen LogP contribution in [0.2, 0.25) is 0 Å². The molecule has 102 valence electrons. The second-order valence-electron chi connectivity index (χ2n) is 5.03. The van der Waals surface area contributed by atoms with Crippen LogP contribution in [0.1, 0.15) is 38.3 Å². The lowest BCUT2D eigenvalue weighted by Crippen LogP contribution is -2.52. The van der Waals surface area contributed by atoms with Crippen molar-refractivity contribution in [3.05, 3.63) is 18.0 Å². The van der Waals surface area contributed by atoms with E-state index in [9.17, 15) is 8.42 Å². The first kappa shape index (κ1) is 13.6. The van der Waals surface area contributed by atoms with Gasteiger partial charge in [0, 0.05) is 24.5 Å². The Morgan fingerprint density at radius 2 is 2.17 bits per heavy atom. The number of hydrogen-bond acceptors (Lipinski definition) is 3. The fourth-order valence-corrected chi connectivity index (χ4v) is 3.98. The molecule has 2 rings (SSSR count). The van der Waals surface area contributed by atoms with Crippen molar-refractivity contribution < 1.29 is 13.5 Å². The maximum absolute atomic E-state index is 12.3. The molecule has 1 aliphatic carbocycles. The zero-order chi connectivity index (χ0) is 13.4. The molecule has 0 spiro atoms. The van der Waals surface area contributed by atoms with Crippen LogP contribution in [0, 0.1) is 0 Å². The summed E-state index contributed by atoms with van der Waals surface area (Å²) in [5.74, 6) is 0. The normalized spacial score (nSPS) is 18.6. The molecule has 0 saturated heterocycles. The molecule has 1 aromatic rings. The molecule has 1 saturated carbocycles. The van der Waals surface area contributed by atoms with Gasteiger partial charge in [0.2, 0.25) is 10.0 Å². The fraction of sp³-hybridized carbons (Fsp3) is 0.667. The number of aliphatic hydroxyl groups excluding tert-OH is 1. The van der Waals surface area contributed by atoms with Crippen molar-refractivity contribution in [1.29, 1.82) is 0 Å². The van der Waals surface area contributed by atoms with Crippen LogP contribution in [0.4, 0.5) is 0 Å². The average molecular weight is 272 g/mol. The third-order valence-electron chi connectivity index (χ3n) is 3.89. The van der Waals surface area contributed by atoms with Crippen molar-refractivity contribution in [2.45, 2.75) is 49.6 Å². The molecule has 0 radical (unpaired) electrons. The highest BCUT2D eigenvalue weighted by atomic mass is 32.2. The van der Waals surface area contributed by atoms with Crippen molar-refractivity contribution in [3.63, 3.8) is 0 Å². The van der Waals surface area contributed by atoms with Crippen LogP contribution in [-0.4, -0.2) is 23.6 Å². The molecule has 0 amide bonds. The summed E-state index contributed by atoms with van der Waals surface area (Å²) in [4.78, 5) is 0.230. The van der Waals surface area contributed by atoms with E-state index >= 15 is 0 Å². The number of aliphatic hydroxyl groups is 1. The topological polar surface area (TPSA) is 71.3 Å². The summed E-state index contributed by atoms with van der Waals surface area (Å²) in [5, 5.41) is 9.10. The average Bonchev–Trinajstić information content (AvgIpc) is 2.66. The van der Waals surface area contributed by atoms with Gasteiger partial charge in [-0.25, -0.2) is 13.1 Å².